The van der Waals surface area contributed by atoms with Crippen LogP contribution in [0.3, 0.4) is 0 Å². The minimum atomic E-state index is -4.34. The molecule has 0 atom stereocenters. The van der Waals surface area contributed by atoms with Crippen molar-refractivity contribution in [2.45, 2.75) is 39.7 Å². The first-order valence-electron chi connectivity index (χ1n) is 6.80. The Kier molecular flexibility index (Phi) is 4.80. The molecule has 0 fully saturated rings. The van der Waals surface area contributed by atoms with Crippen molar-refractivity contribution in [3.8, 4) is 0 Å². The third-order valence-corrected chi connectivity index (χ3v) is 2.96. The fourth-order valence-corrected chi connectivity index (χ4v) is 2.34. The minimum Gasteiger partial charge on any atom is -0.295 e. The number of hydrogen-bond donors (Lipinski definition) is 0. The molecule has 1 aromatic carbocycles. The van der Waals surface area contributed by atoms with Gasteiger partial charge in [0, 0.05) is 6.54 Å². The molecule has 1 heterocycles. The van der Waals surface area contributed by atoms with E-state index in [9.17, 15) is 13.2 Å². The van der Waals surface area contributed by atoms with Crippen molar-refractivity contribution in [3.05, 3.63) is 40.7 Å². The largest absolute Gasteiger partial charge is 0.409 e. The Morgan fingerprint density at radius 1 is 1.09 bits per heavy atom. The van der Waals surface area contributed by atoms with E-state index < -0.39 is 12.7 Å². The molecule has 0 aliphatic heterocycles. The second kappa shape index (κ2) is 6.43. The number of alkyl halides is 3. The molecule has 0 amide bonds. The van der Waals surface area contributed by atoms with Crippen LogP contribution in [-0.2, 0) is 19.6 Å². The molecule has 0 aliphatic carbocycles. The highest BCUT2D eigenvalue weighted by Crippen LogP contribution is 2.16. The van der Waals surface area contributed by atoms with Gasteiger partial charge < -0.3 is 0 Å². The molecular formula is C14H18F3N5. The van der Waals surface area contributed by atoms with Crippen LogP contribution in [0.15, 0.2) is 18.2 Å². The summed E-state index contributed by atoms with van der Waals surface area (Å²) in [5.74, 6) is 0.274. The molecule has 120 valence electrons. The number of halogens is 3. The topological polar surface area (TPSA) is 46.8 Å². The zero-order valence-corrected chi connectivity index (χ0v) is 12.7. The fraction of sp³-hybridized carbons (Fsp3) is 0.500. The molecule has 0 aliphatic rings. The van der Waals surface area contributed by atoms with Crippen LogP contribution in [-0.4, -0.2) is 38.3 Å². The molecule has 0 unspecified atom stereocenters. The highest BCUT2D eigenvalue weighted by molar-refractivity contribution is 5.28. The summed E-state index contributed by atoms with van der Waals surface area (Å²) < 4.78 is 36.7. The van der Waals surface area contributed by atoms with Gasteiger partial charge in [0.05, 0.1) is 6.54 Å². The summed E-state index contributed by atoms with van der Waals surface area (Å²) in [4.78, 5) is 2.50. The maximum Gasteiger partial charge on any atom is 0.409 e. The number of rotatable bonds is 5. The number of hydrogen-bond acceptors (Lipinski definition) is 4. The smallest absolute Gasteiger partial charge is 0.295 e. The van der Waals surface area contributed by atoms with E-state index in [4.69, 9.17) is 0 Å². The van der Waals surface area contributed by atoms with Crippen molar-refractivity contribution < 1.29 is 13.2 Å². The van der Waals surface area contributed by atoms with Gasteiger partial charge in [-0.3, -0.25) is 4.90 Å². The molecule has 0 saturated heterocycles. The lowest BCUT2D eigenvalue weighted by Gasteiger charge is -2.15. The Morgan fingerprint density at radius 3 is 2.32 bits per heavy atom. The van der Waals surface area contributed by atoms with Crippen molar-refractivity contribution in [3.63, 3.8) is 0 Å². The molecule has 22 heavy (non-hydrogen) atoms. The zero-order chi connectivity index (χ0) is 16.3. The van der Waals surface area contributed by atoms with Gasteiger partial charge in [0.1, 0.15) is 0 Å². The Labute approximate surface area is 126 Å². The van der Waals surface area contributed by atoms with E-state index in [1.54, 1.807) is 0 Å². The summed E-state index contributed by atoms with van der Waals surface area (Å²) in [6, 6.07) is 6.25. The average molecular weight is 313 g/mol. The van der Waals surface area contributed by atoms with Crippen LogP contribution in [0.1, 0.15) is 22.5 Å². The van der Waals surface area contributed by atoms with Gasteiger partial charge in [-0.05, 0) is 31.7 Å². The second-order valence-corrected chi connectivity index (χ2v) is 5.52. The summed E-state index contributed by atoms with van der Waals surface area (Å²) >= 11 is 0. The van der Waals surface area contributed by atoms with Crippen molar-refractivity contribution in [1.29, 1.82) is 0 Å². The number of aryl methyl sites for hydroxylation is 2. The van der Waals surface area contributed by atoms with Gasteiger partial charge in [-0.25, -0.2) is 0 Å². The van der Waals surface area contributed by atoms with Crippen LogP contribution in [0.4, 0.5) is 13.2 Å². The third-order valence-electron chi connectivity index (χ3n) is 2.96. The molecule has 5 nitrogen and oxygen atoms in total. The van der Waals surface area contributed by atoms with E-state index in [2.05, 4.69) is 33.6 Å². The lowest BCUT2D eigenvalue weighted by molar-refractivity contribution is -0.145. The van der Waals surface area contributed by atoms with E-state index in [0.717, 1.165) is 5.56 Å². The van der Waals surface area contributed by atoms with Gasteiger partial charge in [-0.1, -0.05) is 29.3 Å². The zero-order valence-electron chi connectivity index (χ0n) is 12.7. The highest BCUT2D eigenvalue weighted by atomic mass is 19.4. The van der Waals surface area contributed by atoms with Gasteiger partial charge in [-0.15, -0.1) is 10.2 Å². The molecule has 2 rings (SSSR count). The van der Waals surface area contributed by atoms with E-state index in [-0.39, 0.29) is 5.82 Å². The maximum absolute atomic E-state index is 12.2. The Balaban J connectivity index is 1.95. The summed E-state index contributed by atoms with van der Waals surface area (Å²) in [7, 11) is 1.86. The van der Waals surface area contributed by atoms with Crippen LogP contribution in [0.25, 0.3) is 0 Å². The minimum absolute atomic E-state index is 0.274. The van der Waals surface area contributed by atoms with Crippen LogP contribution < -0.4 is 0 Å². The summed E-state index contributed by atoms with van der Waals surface area (Å²) in [5.41, 5.74) is 3.50. The van der Waals surface area contributed by atoms with Crippen LogP contribution >= 0.6 is 0 Å². The first-order chi connectivity index (χ1) is 10.2. The highest BCUT2D eigenvalue weighted by Gasteiger charge is 2.29. The lowest BCUT2D eigenvalue weighted by atomic mass is 10.1. The van der Waals surface area contributed by atoms with Crippen LogP contribution in [0, 0.1) is 13.8 Å². The molecule has 0 saturated carbocycles. The molecule has 8 heteroatoms. The van der Waals surface area contributed by atoms with Crippen molar-refractivity contribution in [1.82, 2.24) is 25.1 Å². The van der Waals surface area contributed by atoms with Gasteiger partial charge in [-0.2, -0.15) is 18.0 Å². The van der Waals surface area contributed by atoms with Gasteiger partial charge in [0.15, 0.2) is 12.4 Å². The Hall–Kier alpha value is -1.96. The predicted octanol–water partition coefficient (Wildman–Crippen LogP) is 2.48. The second-order valence-electron chi connectivity index (χ2n) is 5.52. The van der Waals surface area contributed by atoms with E-state index >= 15 is 0 Å². The normalized spacial score (nSPS) is 12.1. The van der Waals surface area contributed by atoms with Crippen molar-refractivity contribution >= 4 is 0 Å². The van der Waals surface area contributed by atoms with Crippen LogP contribution in [0.5, 0.6) is 0 Å². The van der Waals surface area contributed by atoms with Gasteiger partial charge in [0.2, 0.25) is 0 Å². The number of aromatic nitrogens is 4. The first kappa shape index (κ1) is 16.4. The van der Waals surface area contributed by atoms with E-state index in [0.29, 0.717) is 17.9 Å². The predicted molar refractivity (Wildman–Crippen MR) is 75.0 cm³/mol. The first-order valence-corrected chi connectivity index (χ1v) is 6.80. The Bertz CT molecular complexity index is 615. The van der Waals surface area contributed by atoms with E-state index in [1.807, 2.05) is 25.8 Å². The molecule has 0 spiro atoms. The molecule has 1 aromatic heterocycles. The van der Waals surface area contributed by atoms with Crippen molar-refractivity contribution in [2.75, 3.05) is 7.05 Å². The van der Waals surface area contributed by atoms with Gasteiger partial charge in [0.25, 0.3) is 0 Å². The number of tetrazole rings is 1. The summed E-state index contributed by atoms with van der Waals surface area (Å²) in [6.07, 6.45) is -4.34. The van der Waals surface area contributed by atoms with Crippen LogP contribution in [0.2, 0.25) is 0 Å². The molecule has 0 bridgehead atoms. The standard InChI is InChI=1S/C14H18F3N5/c1-10-4-11(2)6-12(5-10)7-21(3)8-13-18-20-22(19-13)9-14(15,16)17/h4-6H,7-9H2,1-3H3. The molecular weight excluding hydrogens is 295 g/mol. The third kappa shape index (κ3) is 5.10. The maximum atomic E-state index is 12.2. The lowest BCUT2D eigenvalue weighted by Crippen LogP contribution is -2.21. The fourth-order valence-electron chi connectivity index (χ4n) is 2.34. The SMILES string of the molecule is Cc1cc(C)cc(CN(C)Cc2nnn(CC(F)(F)F)n2)c1. The molecule has 2 aromatic rings. The number of benzene rings is 1. The van der Waals surface area contributed by atoms with Gasteiger partial charge >= 0.3 is 6.18 Å². The van der Waals surface area contributed by atoms with Crippen molar-refractivity contribution in [2.24, 2.45) is 0 Å². The summed E-state index contributed by atoms with van der Waals surface area (Å²) in [6.45, 7) is 3.84. The summed E-state index contributed by atoms with van der Waals surface area (Å²) in [5, 5.41) is 10.8. The quantitative estimate of drug-likeness (QED) is 0.851. The average Bonchev–Trinajstić information content (AvgIpc) is 2.71. The van der Waals surface area contributed by atoms with E-state index in [1.165, 1.54) is 11.1 Å². The Morgan fingerprint density at radius 2 is 1.73 bits per heavy atom. The monoisotopic (exact) mass is 313 g/mol. The molecule has 0 N–H and O–H groups in total. The molecule has 0 radical (unpaired) electrons. The number of nitrogens with zero attached hydrogens (tertiary/aromatic N) is 5.